The van der Waals surface area contributed by atoms with Gasteiger partial charge in [0.15, 0.2) is 0 Å². The maximum atomic E-state index is 11.6. The molecule has 0 unspecified atom stereocenters. The molecular formula is C13H25N5O. The molecule has 0 bridgehead atoms. The molecule has 0 aliphatic rings. The monoisotopic (exact) mass is 267 g/mol. The first-order valence-electron chi connectivity index (χ1n) is 6.66. The highest BCUT2D eigenvalue weighted by Crippen LogP contribution is 2.01. The molecule has 0 aliphatic carbocycles. The number of aromatic nitrogens is 3. The third-order valence-electron chi connectivity index (χ3n) is 2.32. The van der Waals surface area contributed by atoms with Gasteiger partial charge in [0.2, 0.25) is 5.91 Å². The third kappa shape index (κ3) is 6.33. The van der Waals surface area contributed by atoms with E-state index in [4.69, 9.17) is 0 Å². The zero-order valence-corrected chi connectivity index (χ0v) is 12.5. The predicted octanol–water partition coefficient (Wildman–Crippen LogP) is 0.938. The Balaban J connectivity index is 2.37. The lowest BCUT2D eigenvalue weighted by molar-refractivity contribution is -0.121. The first kappa shape index (κ1) is 15.6. The lowest BCUT2D eigenvalue weighted by Gasteiger charge is -2.20. The molecule has 0 spiro atoms. The molecule has 0 aromatic carbocycles. The first-order chi connectivity index (χ1) is 8.78. The zero-order valence-electron chi connectivity index (χ0n) is 12.5. The molecule has 2 N–H and O–H groups in total. The smallest absolute Gasteiger partial charge is 0.234 e. The van der Waals surface area contributed by atoms with E-state index in [1.54, 1.807) is 6.33 Å². The highest BCUT2D eigenvalue weighted by molar-refractivity contribution is 5.78. The van der Waals surface area contributed by atoms with Crippen molar-refractivity contribution in [2.75, 3.05) is 6.54 Å². The number of amides is 1. The van der Waals surface area contributed by atoms with E-state index < -0.39 is 0 Å². The minimum absolute atomic E-state index is 0.0116. The van der Waals surface area contributed by atoms with Crippen LogP contribution in [-0.2, 0) is 17.9 Å². The Morgan fingerprint density at radius 2 is 2.11 bits per heavy atom. The summed E-state index contributed by atoms with van der Waals surface area (Å²) < 4.78 is 1.87. The highest BCUT2D eigenvalue weighted by atomic mass is 16.2. The summed E-state index contributed by atoms with van der Waals surface area (Å²) >= 11 is 0. The summed E-state index contributed by atoms with van der Waals surface area (Å²) in [6, 6.07) is 0. The van der Waals surface area contributed by atoms with E-state index in [2.05, 4.69) is 34.6 Å². The van der Waals surface area contributed by atoms with E-state index >= 15 is 0 Å². The van der Waals surface area contributed by atoms with Crippen molar-refractivity contribution >= 4 is 5.91 Å². The fourth-order valence-corrected chi connectivity index (χ4v) is 1.67. The van der Waals surface area contributed by atoms with E-state index in [9.17, 15) is 4.79 Å². The summed E-state index contributed by atoms with van der Waals surface area (Å²) in [5.74, 6) is 1.37. The van der Waals surface area contributed by atoms with Crippen LogP contribution in [0.3, 0.4) is 0 Å². The number of hydrogen-bond acceptors (Lipinski definition) is 4. The van der Waals surface area contributed by atoms with E-state index in [1.807, 2.05) is 25.5 Å². The largest absolute Gasteiger partial charge is 0.350 e. The van der Waals surface area contributed by atoms with Crippen molar-refractivity contribution in [1.29, 1.82) is 0 Å². The van der Waals surface area contributed by atoms with Crippen molar-refractivity contribution < 1.29 is 4.79 Å². The highest BCUT2D eigenvalue weighted by Gasteiger charge is 2.13. The van der Waals surface area contributed by atoms with E-state index in [-0.39, 0.29) is 18.0 Å². The van der Waals surface area contributed by atoms with E-state index in [1.165, 1.54) is 0 Å². The Kier molecular flexibility index (Phi) is 5.47. The van der Waals surface area contributed by atoms with Crippen LogP contribution in [-0.4, -0.2) is 32.8 Å². The van der Waals surface area contributed by atoms with Crippen molar-refractivity contribution in [3.8, 4) is 0 Å². The van der Waals surface area contributed by atoms with Gasteiger partial charge in [-0.1, -0.05) is 13.8 Å². The fourth-order valence-electron chi connectivity index (χ4n) is 1.67. The van der Waals surface area contributed by atoms with Crippen LogP contribution in [0.15, 0.2) is 6.33 Å². The van der Waals surface area contributed by atoms with Crippen LogP contribution in [0.25, 0.3) is 0 Å². The van der Waals surface area contributed by atoms with Gasteiger partial charge in [0.05, 0.1) is 13.1 Å². The molecule has 0 radical (unpaired) electrons. The van der Waals surface area contributed by atoms with Gasteiger partial charge in [-0.15, -0.1) is 0 Å². The van der Waals surface area contributed by atoms with Crippen LogP contribution < -0.4 is 10.6 Å². The maximum absolute atomic E-state index is 11.6. The Bertz CT molecular complexity index is 405. The molecular weight excluding hydrogens is 242 g/mol. The molecule has 0 atom stereocenters. The molecule has 0 fully saturated rings. The Morgan fingerprint density at radius 1 is 1.42 bits per heavy atom. The Morgan fingerprint density at radius 3 is 2.68 bits per heavy atom. The summed E-state index contributed by atoms with van der Waals surface area (Å²) in [5, 5.41) is 10.2. The van der Waals surface area contributed by atoms with Gasteiger partial charge in [0, 0.05) is 12.1 Å². The summed E-state index contributed by atoms with van der Waals surface area (Å²) in [6.07, 6.45) is 1.55. The van der Waals surface area contributed by atoms with Crippen molar-refractivity contribution in [2.24, 2.45) is 5.92 Å². The van der Waals surface area contributed by atoms with Gasteiger partial charge in [-0.25, -0.2) is 9.67 Å². The van der Waals surface area contributed by atoms with Crippen molar-refractivity contribution in [1.82, 2.24) is 25.4 Å². The van der Waals surface area contributed by atoms with Crippen LogP contribution in [0.4, 0.5) is 0 Å². The van der Waals surface area contributed by atoms with Gasteiger partial charge in [-0.3, -0.25) is 4.79 Å². The summed E-state index contributed by atoms with van der Waals surface area (Å²) in [4.78, 5) is 15.8. The second kappa shape index (κ2) is 6.65. The second-order valence-corrected chi connectivity index (χ2v) is 6.15. The average Bonchev–Trinajstić information content (AvgIpc) is 2.62. The van der Waals surface area contributed by atoms with E-state index in [0.717, 1.165) is 12.4 Å². The lowest BCUT2D eigenvalue weighted by atomic mass is 10.1. The summed E-state index contributed by atoms with van der Waals surface area (Å²) in [5.41, 5.74) is -0.198. The standard InChI is InChI=1S/C13H25N5O/c1-10(2)8-18-11(15-9-16-18)6-14-7-12(19)17-13(3,4)5/h9-10,14H,6-8H2,1-5H3,(H,17,19). The average molecular weight is 267 g/mol. The van der Waals surface area contributed by atoms with Crippen LogP contribution in [0.1, 0.15) is 40.4 Å². The van der Waals surface area contributed by atoms with Gasteiger partial charge in [0.1, 0.15) is 12.2 Å². The number of hydrogen-bond donors (Lipinski definition) is 2. The molecule has 1 heterocycles. The third-order valence-corrected chi connectivity index (χ3v) is 2.32. The number of nitrogens with one attached hydrogen (secondary N) is 2. The first-order valence-corrected chi connectivity index (χ1v) is 6.66. The quantitative estimate of drug-likeness (QED) is 0.804. The predicted molar refractivity (Wildman–Crippen MR) is 74.5 cm³/mol. The summed E-state index contributed by atoms with van der Waals surface area (Å²) in [6.45, 7) is 11.8. The molecule has 19 heavy (non-hydrogen) atoms. The fraction of sp³-hybridized carbons (Fsp3) is 0.769. The van der Waals surface area contributed by atoms with E-state index in [0.29, 0.717) is 12.5 Å². The zero-order chi connectivity index (χ0) is 14.5. The molecule has 1 aromatic heterocycles. The van der Waals surface area contributed by atoms with Crippen molar-refractivity contribution in [3.05, 3.63) is 12.2 Å². The van der Waals surface area contributed by atoms with Crippen molar-refractivity contribution in [3.63, 3.8) is 0 Å². The molecule has 108 valence electrons. The normalized spacial score (nSPS) is 11.9. The Hall–Kier alpha value is -1.43. The minimum Gasteiger partial charge on any atom is -0.350 e. The van der Waals surface area contributed by atoms with Gasteiger partial charge >= 0.3 is 0 Å². The number of carbonyl (C=O) groups is 1. The number of rotatable bonds is 6. The van der Waals surface area contributed by atoms with Crippen molar-refractivity contribution in [2.45, 2.75) is 53.2 Å². The molecule has 0 saturated heterocycles. The van der Waals surface area contributed by atoms with Gasteiger partial charge in [-0.05, 0) is 26.7 Å². The van der Waals surface area contributed by atoms with Crippen LogP contribution in [0.5, 0.6) is 0 Å². The van der Waals surface area contributed by atoms with Gasteiger partial charge in [0.25, 0.3) is 0 Å². The molecule has 6 heteroatoms. The Labute approximate surface area is 115 Å². The molecule has 0 aliphatic heterocycles. The van der Waals surface area contributed by atoms with Crippen LogP contribution >= 0.6 is 0 Å². The summed E-state index contributed by atoms with van der Waals surface area (Å²) in [7, 11) is 0. The molecule has 1 rings (SSSR count). The molecule has 6 nitrogen and oxygen atoms in total. The lowest BCUT2D eigenvalue weighted by Crippen LogP contribution is -2.44. The minimum atomic E-state index is -0.198. The topological polar surface area (TPSA) is 71.8 Å². The number of carbonyl (C=O) groups excluding carboxylic acids is 1. The van der Waals surface area contributed by atoms with Crippen LogP contribution in [0, 0.1) is 5.92 Å². The second-order valence-electron chi connectivity index (χ2n) is 6.15. The molecule has 1 amide bonds. The van der Waals surface area contributed by atoms with Gasteiger partial charge in [-0.2, -0.15) is 5.10 Å². The maximum Gasteiger partial charge on any atom is 0.234 e. The van der Waals surface area contributed by atoms with Gasteiger partial charge < -0.3 is 10.6 Å². The van der Waals surface area contributed by atoms with Crippen LogP contribution in [0.2, 0.25) is 0 Å². The number of nitrogens with zero attached hydrogens (tertiary/aromatic N) is 3. The molecule has 1 aromatic rings. The SMILES string of the molecule is CC(C)Cn1ncnc1CNCC(=O)NC(C)(C)C. The molecule has 0 saturated carbocycles.